The number of hydrogen-bond donors (Lipinski definition) is 1. The molecule has 28 heavy (non-hydrogen) atoms. The fourth-order valence-corrected chi connectivity index (χ4v) is 3.78. The lowest BCUT2D eigenvalue weighted by Crippen LogP contribution is -2.42. The Balaban J connectivity index is 2.27. The number of amides is 2. The van der Waals surface area contributed by atoms with E-state index in [4.69, 9.17) is 4.74 Å². The minimum atomic E-state index is -0.470. The molecule has 2 amide bonds. The zero-order valence-electron chi connectivity index (χ0n) is 17.6. The number of nitrogens with zero attached hydrogens (tertiary/aromatic N) is 3. The van der Waals surface area contributed by atoms with Crippen LogP contribution in [0, 0.1) is 0 Å². The zero-order valence-corrected chi connectivity index (χ0v) is 17.6. The van der Waals surface area contributed by atoms with Crippen molar-refractivity contribution >= 4 is 17.4 Å². The van der Waals surface area contributed by atoms with E-state index < -0.39 is 11.4 Å². The van der Waals surface area contributed by atoms with E-state index in [1.165, 1.54) is 4.90 Å². The summed E-state index contributed by atoms with van der Waals surface area (Å²) in [6, 6.07) is -0.289. The molecule has 1 N–H and O–H groups in total. The van der Waals surface area contributed by atoms with Crippen LogP contribution in [-0.2, 0) is 26.3 Å². The Bertz CT molecular complexity index is 879. The van der Waals surface area contributed by atoms with Crippen molar-refractivity contribution < 1.29 is 14.3 Å². The van der Waals surface area contributed by atoms with E-state index in [1.807, 2.05) is 32.6 Å². The number of imide groups is 1. The second-order valence-electron chi connectivity index (χ2n) is 8.53. The van der Waals surface area contributed by atoms with Gasteiger partial charge in [-0.25, -0.2) is 4.68 Å². The molecule has 0 aromatic carbocycles. The smallest absolute Gasteiger partial charge is 0.278 e. The van der Waals surface area contributed by atoms with Gasteiger partial charge in [-0.05, 0) is 41.0 Å². The lowest BCUT2D eigenvalue weighted by Gasteiger charge is -2.30. The molecule has 2 aliphatic rings. The Morgan fingerprint density at radius 2 is 1.68 bits per heavy atom. The molecule has 0 unspecified atom stereocenters. The van der Waals surface area contributed by atoms with Crippen LogP contribution in [0.15, 0.2) is 10.5 Å². The molecule has 0 atom stereocenters. The molecule has 8 nitrogen and oxygen atoms in total. The number of H-pyrrole nitrogens is 1. The molecule has 154 valence electrons. The molecule has 1 aromatic heterocycles. The number of hydrogen-bond acceptors (Lipinski definition) is 5. The van der Waals surface area contributed by atoms with Crippen LogP contribution in [0.5, 0.6) is 0 Å². The maximum atomic E-state index is 13.3. The Hall–Kier alpha value is -2.35. The van der Waals surface area contributed by atoms with Gasteiger partial charge in [0.2, 0.25) is 0 Å². The van der Waals surface area contributed by atoms with E-state index >= 15 is 0 Å². The van der Waals surface area contributed by atoms with Crippen LogP contribution < -0.4 is 5.56 Å². The highest BCUT2D eigenvalue weighted by Gasteiger charge is 2.45. The average molecular weight is 390 g/mol. The molecule has 3 heterocycles. The van der Waals surface area contributed by atoms with Crippen molar-refractivity contribution in [3.05, 3.63) is 27.3 Å². The van der Waals surface area contributed by atoms with Gasteiger partial charge < -0.3 is 9.64 Å². The number of rotatable bonds is 4. The predicted molar refractivity (Wildman–Crippen MR) is 106 cm³/mol. The summed E-state index contributed by atoms with van der Waals surface area (Å²) < 4.78 is 6.95. The number of aromatic amines is 1. The fourth-order valence-electron chi connectivity index (χ4n) is 3.78. The number of ether oxygens (including phenoxy) is 1. The van der Waals surface area contributed by atoms with Gasteiger partial charge in [0.15, 0.2) is 0 Å². The summed E-state index contributed by atoms with van der Waals surface area (Å²) in [6.07, 6.45) is 0.552. The Labute approximate surface area is 165 Å². The van der Waals surface area contributed by atoms with Crippen LogP contribution in [0.25, 0.3) is 5.57 Å². The molecule has 2 aliphatic heterocycles. The van der Waals surface area contributed by atoms with E-state index in [-0.39, 0.29) is 23.1 Å². The number of carbonyl (C=O) groups is 2. The summed E-state index contributed by atoms with van der Waals surface area (Å²) >= 11 is 0. The first kappa shape index (κ1) is 20.4. The van der Waals surface area contributed by atoms with Gasteiger partial charge in [0.25, 0.3) is 17.4 Å². The van der Waals surface area contributed by atoms with Crippen molar-refractivity contribution in [1.82, 2.24) is 19.6 Å². The standard InChI is InChI=1S/C20H30N4O4/c1-7-13-14(18(26)24(21-13)20(4,5)6)15-16(22-8-10-28-11-9-22)19(27)23(12(2)3)17(15)25/h12,21H,7-11H2,1-6H3. The summed E-state index contributed by atoms with van der Waals surface area (Å²) in [5.41, 5.74) is 0.808. The fraction of sp³-hybridized carbons (Fsp3) is 0.650. The lowest BCUT2D eigenvalue weighted by molar-refractivity contribution is -0.139. The third kappa shape index (κ3) is 3.19. The van der Waals surface area contributed by atoms with Crippen LogP contribution >= 0.6 is 0 Å². The van der Waals surface area contributed by atoms with Gasteiger partial charge in [-0.2, -0.15) is 0 Å². The average Bonchev–Trinajstić information content (AvgIpc) is 3.08. The highest BCUT2D eigenvalue weighted by atomic mass is 16.5. The molecule has 0 aliphatic carbocycles. The van der Waals surface area contributed by atoms with Gasteiger partial charge in [-0.1, -0.05) is 6.92 Å². The highest BCUT2D eigenvalue weighted by Crippen LogP contribution is 2.33. The Morgan fingerprint density at radius 1 is 1.07 bits per heavy atom. The minimum absolute atomic E-state index is 0.224. The van der Waals surface area contributed by atoms with E-state index in [1.54, 1.807) is 18.5 Å². The molecular formula is C20H30N4O4. The van der Waals surface area contributed by atoms with E-state index in [9.17, 15) is 14.4 Å². The number of morpholine rings is 1. The van der Waals surface area contributed by atoms with Crippen molar-refractivity contribution in [2.75, 3.05) is 26.3 Å². The lowest BCUT2D eigenvalue weighted by atomic mass is 10.0. The molecule has 1 saturated heterocycles. The van der Waals surface area contributed by atoms with Crippen LogP contribution in [0.2, 0.25) is 0 Å². The van der Waals surface area contributed by atoms with Gasteiger partial charge in [-0.3, -0.25) is 24.4 Å². The molecule has 1 fully saturated rings. The Kier molecular flexibility index (Phi) is 5.27. The molecule has 0 bridgehead atoms. The summed E-state index contributed by atoms with van der Waals surface area (Å²) in [6.45, 7) is 13.3. The van der Waals surface area contributed by atoms with E-state index in [0.717, 1.165) is 0 Å². The summed E-state index contributed by atoms with van der Waals surface area (Å²) in [5, 5.41) is 3.16. The number of carbonyl (C=O) groups excluding carboxylic acids is 2. The van der Waals surface area contributed by atoms with Crippen molar-refractivity contribution in [3.8, 4) is 0 Å². The van der Waals surface area contributed by atoms with Gasteiger partial charge in [-0.15, -0.1) is 0 Å². The summed E-state index contributed by atoms with van der Waals surface area (Å²) in [7, 11) is 0. The molecule has 0 saturated carbocycles. The molecule has 8 heteroatoms. The molecule has 3 rings (SSSR count). The van der Waals surface area contributed by atoms with Gasteiger partial charge in [0.05, 0.1) is 29.9 Å². The van der Waals surface area contributed by atoms with E-state index in [2.05, 4.69) is 5.10 Å². The van der Waals surface area contributed by atoms with Crippen LogP contribution in [0.1, 0.15) is 52.8 Å². The van der Waals surface area contributed by atoms with E-state index in [0.29, 0.717) is 49.7 Å². The number of aromatic nitrogens is 2. The van der Waals surface area contributed by atoms with Gasteiger partial charge >= 0.3 is 0 Å². The molecular weight excluding hydrogens is 360 g/mol. The quantitative estimate of drug-likeness (QED) is 0.784. The molecule has 1 aromatic rings. The third-order valence-corrected chi connectivity index (χ3v) is 5.17. The number of nitrogens with one attached hydrogen (secondary N) is 1. The van der Waals surface area contributed by atoms with Crippen LogP contribution in [-0.4, -0.2) is 63.7 Å². The maximum Gasteiger partial charge on any atom is 0.278 e. The zero-order chi connectivity index (χ0) is 20.8. The van der Waals surface area contributed by atoms with Crippen LogP contribution in [0.3, 0.4) is 0 Å². The first-order valence-electron chi connectivity index (χ1n) is 9.89. The van der Waals surface area contributed by atoms with Gasteiger partial charge in [0, 0.05) is 24.8 Å². The topological polar surface area (TPSA) is 87.6 Å². The van der Waals surface area contributed by atoms with Gasteiger partial charge in [0.1, 0.15) is 5.70 Å². The highest BCUT2D eigenvalue weighted by molar-refractivity contribution is 6.35. The second-order valence-corrected chi connectivity index (χ2v) is 8.53. The van der Waals surface area contributed by atoms with Crippen molar-refractivity contribution in [1.29, 1.82) is 0 Å². The largest absolute Gasteiger partial charge is 0.378 e. The molecule has 0 radical (unpaired) electrons. The van der Waals surface area contributed by atoms with Crippen molar-refractivity contribution in [2.45, 2.75) is 59.5 Å². The number of aryl methyl sites for hydroxylation is 1. The van der Waals surface area contributed by atoms with Crippen molar-refractivity contribution in [3.63, 3.8) is 0 Å². The second kappa shape index (κ2) is 7.24. The first-order valence-corrected chi connectivity index (χ1v) is 9.89. The predicted octanol–water partition coefficient (Wildman–Crippen LogP) is 1.31. The first-order chi connectivity index (χ1) is 13.1. The SMILES string of the molecule is CCc1[nH]n(C(C)(C)C)c(=O)c1C1=C(N2CCOCC2)C(=O)N(C(C)C)C1=O. The van der Waals surface area contributed by atoms with Crippen molar-refractivity contribution in [2.24, 2.45) is 0 Å². The molecule has 0 spiro atoms. The maximum absolute atomic E-state index is 13.3. The normalized spacial score (nSPS) is 18.8. The minimum Gasteiger partial charge on any atom is -0.378 e. The summed E-state index contributed by atoms with van der Waals surface area (Å²) in [5.74, 6) is -0.727. The summed E-state index contributed by atoms with van der Waals surface area (Å²) in [4.78, 5) is 43.0. The monoisotopic (exact) mass is 390 g/mol. The van der Waals surface area contributed by atoms with Crippen LogP contribution in [0.4, 0.5) is 0 Å². The third-order valence-electron chi connectivity index (χ3n) is 5.17. The Morgan fingerprint density at radius 3 is 2.18 bits per heavy atom.